The lowest BCUT2D eigenvalue weighted by atomic mass is 10.2. The molecule has 0 N–H and O–H groups in total. The number of rotatable bonds is 2. The first-order valence-corrected chi connectivity index (χ1v) is 3.92. The van der Waals surface area contributed by atoms with Gasteiger partial charge in [-0.05, 0) is 0 Å². The molecule has 0 saturated heterocycles. The minimum absolute atomic E-state index is 0.0890. The molecule has 0 atom stereocenters. The third-order valence-corrected chi connectivity index (χ3v) is 1.86. The van der Waals surface area contributed by atoms with Crippen molar-refractivity contribution in [2.75, 3.05) is 0 Å². The van der Waals surface area contributed by atoms with Crippen molar-refractivity contribution in [1.82, 2.24) is 4.98 Å². The van der Waals surface area contributed by atoms with Crippen molar-refractivity contribution in [1.29, 1.82) is 0 Å². The molecule has 1 aromatic rings. The van der Waals surface area contributed by atoms with Crippen LogP contribution >= 0.6 is 11.3 Å². The second-order valence-electron chi connectivity index (χ2n) is 1.90. The van der Waals surface area contributed by atoms with E-state index in [9.17, 15) is 4.79 Å². The van der Waals surface area contributed by atoms with Gasteiger partial charge in [0.2, 0.25) is 0 Å². The predicted molar refractivity (Wildman–Crippen MR) is 41.2 cm³/mol. The van der Waals surface area contributed by atoms with Gasteiger partial charge < -0.3 is 0 Å². The molecule has 0 spiro atoms. The second kappa shape index (κ2) is 2.92. The number of Topliss-reactive ketones (excluding diaryl/α,β-unsaturated/α-hetero) is 1. The summed E-state index contributed by atoms with van der Waals surface area (Å²) in [5.74, 6) is 0.0890. The van der Waals surface area contributed by atoms with Crippen molar-refractivity contribution >= 4 is 17.1 Å². The first-order valence-electron chi connectivity index (χ1n) is 3.04. The molecule has 1 heterocycles. The first-order chi connectivity index (χ1) is 4.74. The number of carbonyl (C=O) groups excluding carboxylic acids is 1. The highest BCUT2D eigenvalue weighted by atomic mass is 32.1. The number of hydrogen-bond donors (Lipinski definition) is 0. The zero-order chi connectivity index (χ0) is 7.56. The van der Waals surface area contributed by atoms with Crippen molar-refractivity contribution in [2.24, 2.45) is 0 Å². The van der Waals surface area contributed by atoms with Crippen molar-refractivity contribution in [3.8, 4) is 0 Å². The minimum Gasteiger partial charge on any atom is -0.292 e. The lowest BCUT2D eigenvalue weighted by Crippen LogP contribution is -1.95. The van der Waals surface area contributed by atoms with Crippen LogP contribution in [0, 0.1) is 6.92 Å². The quantitative estimate of drug-likeness (QED) is 0.609. The van der Waals surface area contributed by atoms with Crippen LogP contribution < -0.4 is 0 Å². The summed E-state index contributed by atoms with van der Waals surface area (Å²) in [6.07, 6.45) is 0.517. The molecular formula is C7H8NOS. The monoisotopic (exact) mass is 154 g/mol. The smallest absolute Gasteiger partial charge is 0.181 e. The van der Waals surface area contributed by atoms with E-state index in [2.05, 4.69) is 11.9 Å². The SMILES string of the molecule is [CH2]c1nc(C(=O)CC)cs1. The molecule has 0 unspecified atom stereocenters. The molecule has 0 aliphatic heterocycles. The summed E-state index contributed by atoms with van der Waals surface area (Å²) in [5.41, 5.74) is 0.553. The summed E-state index contributed by atoms with van der Waals surface area (Å²) >= 11 is 1.41. The Labute approximate surface area is 63.9 Å². The van der Waals surface area contributed by atoms with Crippen molar-refractivity contribution < 1.29 is 4.79 Å². The average Bonchev–Trinajstić information content (AvgIpc) is 2.34. The highest BCUT2D eigenvalue weighted by molar-refractivity contribution is 7.10. The molecule has 1 radical (unpaired) electrons. The van der Waals surface area contributed by atoms with Gasteiger partial charge in [0.1, 0.15) is 5.69 Å². The molecule has 0 aliphatic carbocycles. The van der Waals surface area contributed by atoms with E-state index < -0.39 is 0 Å². The molecule has 0 aliphatic rings. The van der Waals surface area contributed by atoms with E-state index >= 15 is 0 Å². The number of carbonyl (C=O) groups is 1. The van der Waals surface area contributed by atoms with E-state index in [1.165, 1.54) is 11.3 Å². The number of nitrogens with zero attached hydrogens (tertiary/aromatic N) is 1. The zero-order valence-corrected chi connectivity index (χ0v) is 6.57. The largest absolute Gasteiger partial charge is 0.292 e. The standard InChI is InChI=1S/C7H8NOS/c1-3-7(9)6-4-10-5(2)8-6/h4H,2-3H2,1H3. The molecule has 0 aromatic carbocycles. The van der Waals surface area contributed by atoms with Crippen molar-refractivity contribution in [2.45, 2.75) is 13.3 Å². The molecule has 53 valence electrons. The van der Waals surface area contributed by atoms with Gasteiger partial charge in [-0.2, -0.15) is 0 Å². The predicted octanol–water partition coefficient (Wildman–Crippen LogP) is 1.92. The van der Waals surface area contributed by atoms with Gasteiger partial charge in [0.15, 0.2) is 5.78 Å². The van der Waals surface area contributed by atoms with Crippen LogP contribution in [-0.4, -0.2) is 10.8 Å². The van der Waals surface area contributed by atoms with E-state index in [1.807, 2.05) is 6.92 Å². The van der Waals surface area contributed by atoms with Crippen molar-refractivity contribution in [3.05, 3.63) is 23.0 Å². The van der Waals surface area contributed by atoms with Crippen LogP contribution in [0.5, 0.6) is 0 Å². The fourth-order valence-corrected chi connectivity index (χ4v) is 1.20. The Morgan fingerprint density at radius 2 is 2.60 bits per heavy atom. The average molecular weight is 154 g/mol. The van der Waals surface area contributed by atoms with Gasteiger partial charge in [-0.25, -0.2) is 4.98 Å². The maximum atomic E-state index is 10.9. The lowest BCUT2D eigenvalue weighted by molar-refractivity contribution is 0.0984. The third kappa shape index (κ3) is 1.42. The fourth-order valence-electron chi connectivity index (χ4n) is 0.620. The Bertz CT molecular complexity index is 242. The Kier molecular flexibility index (Phi) is 2.17. The van der Waals surface area contributed by atoms with E-state index in [4.69, 9.17) is 0 Å². The van der Waals surface area contributed by atoms with Gasteiger partial charge in [-0.1, -0.05) is 6.92 Å². The lowest BCUT2D eigenvalue weighted by Gasteiger charge is -1.86. The van der Waals surface area contributed by atoms with E-state index in [0.29, 0.717) is 17.1 Å². The normalized spacial score (nSPS) is 9.80. The van der Waals surface area contributed by atoms with E-state index in [1.54, 1.807) is 5.38 Å². The Balaban J connectivity index is 2.85. The molecule has 10 heavy (non-hydrogen) atoms. The molecule has 0 amide bonds. The highest BCUT2D eigenvalue weighted by Gasteiger charge is 2.05. The summed E-state index contributed by atoms with van der Waals surface area (Å²) in [7, 11) is 0. The molecule has 0 saturated carbocycles. The van der Waals surface area contributed by atoms with Crippen molar-refractivity contribution in [3.63, 3.8) is 0 Å². The Morgan fingerprint density at radius 1 is 1.90 bits per heavy atom. The highest BCUT2D eigenvalue weighted by Crippen LogP contribution is 2.09. The number of aromatic nitrogens is 1. The maximum absolute atomic E-state index is 10.9. The minimum atomic E-state index is 0.0890. The van der Waals surface area contributed by atoms with Crippen LogP contribution in [0.3, 0.4) is 0 Å². The van der Waals surface area contributed by atoms with Crippen LogP contribution in [-0.2, 0) is 0 Å². The van der Waals surface area contributed by atoms with Gasteiger partial charge in [-0.3, -0.25) is 4.79 Å². The topological polar surface area (TPSA) is 30.0 Å². The second-order valence-corrected chi connectivity index (χ2v) is 2.85. The third-order valence-electron chi connectivity index (χ3n) is 1.16. The number of ketones is 1. The maximum Gasteiger partial charge on any atom is 0.181 e. The number of thiazole rings is 1. The molecule has 1 rings (SSSR count). The van der Waals surface area contributed by atoms with E-state index in [0.717, 1.165) is 0 Å². The Morgan fingerprint density at radius 3 is 3.00 bits per heavy atom. The molecular weight excluding hydrogens is 146 g/mol. The molecule has 1 aromatic heterocycles. The van der Waals surface area contributed by atoms with Crippen LogP contribution in [0.1, 0.15) is 28.8 Å². The first kappa shape index (κ1) is 7.41. The van der Waals surface area contributed by atoms with Crippen LogP contribution in [0.4, 0.5) is 0 Å². The van der Waals surface area contributed by atoms with Gasteiger partial charge in [0.25, 0.3) is 0 Å². The van der Waals surface area contributed by atoms with Crippen LogP contribution in [0.15, 0.2) is 5.38 Å². The van der Waals surface area contributed by atoms with Gasteiger partial charge in [-0.15, -0.1) is 11.3 Å². The molecule has 3 heteroatoms. The molecule has 0 fully saturated rings. The Hall–Kier alpha value is -0.700. The van der Waals surface area contributed by atoms with Gasteiger partial charge >= 0.3 is 0 Å². The van der Waals surface area contributed by atoms with E-state index in [-0.39, 0.29) is 5.78 Å². The van der Waals surface area contributed by atoms with Gasteiger partial charge in [0.05, 0.1) is 5.01 Å². The number of hydrogen-bond acceptors (Lipinski definition) is 3. The molecule has 0 bridgehead atoms. The van der Waals surface area contributed by atoms with Crippen LogP contribution in [0.25, 0.3) is 0 Å². The summed E-state index contributed by atoms with van der Waals surface area (Å²) in [6, 6.07) is 0. The summed E-state index contributed by atoms with van der Waals surface area (Å²) in [6.45, 7) is 5.44. The molecule has 2 nitrogen and oxygen atoms in total. The summed E-state index contributed by atoms with van der Waals surface area (Å²) in [4.78, 5) is 14.9. The summed E-state index contributed by atoms with van der Waals surface area (Å²) in [5, 5.41) is 2.45. The fraction of sp³-hybridized carbons (Fsp3) is 0.286. The van der Waals surface area contributed by atoms with Gasteiger partial charge in [0, 0.05) is 18.7 Å². The zero-order valence-electron chi connectivity index (χ0n) is 5.76. The summed E-state index contributed by atoms with van der Waals surface area (Å²) < 4.78 is 0. The van der Waals surface area contributed by atoms with Crippen LogP contribution in [0.2, 0.25) is 0 Å².